The van der Waals surface area contributed by atoms with Crippen LogP contribution in [-0.4, -0.2) is 29.6 Å². The predicted molar refractivity (Wildman–Crippen MR) is 60.8 cm³/mol. The number of nitrogens with zero attached hydrogens (tertiary/aromatic N) is 1. The molecule has 1 fully saturated rings. The van der Waals surface area contributed by atoms with E-state index < -0.39 is 0 Å². The standard InChI is InChI=1S/C10H20N2S/c1-4-11-10(13)12-6-5-8(2)9(3)7-12/h8-9H,4-7H2,1-3H3,(H,11,13). The van der Waals surface area contributed by atoms with Crippen molar-refractivity contribution >= 4 is 17.3 Å². The van der Waals surface area contributed by atoms with Crippen LogP contribution in [0, 0.1) is 11.8 Å². The summed E-state index contributed by atoms with van der Waals surface area (Å²) >= 11 is 5.28. The minimum absolute atomic E-state index is 0.769. The molecule has 1 N–H and O–H groups in total. The zero-order valence-corrected chi connectivity index (χ0v) is 9.66. The molecule has 0 spiro atoms. The van der Waals surface area contributed by atoms with Crippen molar-refractivity contribution in [2.24, 2.45) is 11.8 Å². The number of thiocarbonyl (C=S) groups is 1. The van der Waals surface area contributed by atoms with Gasteiger partial charge in [0.15, 0.2) is 5.11 Å². The van der Waals surface area contributed by atoms with Gasteiger partial charge in [-0.1, -0.05) is 13.8 Å². The van der Waals surface area contributed by atoms with Crippen molar-refractivity contribution in [3.8, 4) is 0 Å². The molecule has 0 bridgehead atoms. The molecule has 1 heterocycles. The average Bonchev–Trinajstić information content (AvgIpc) is 2.10. The maximum Gasteiger partial charge on any atom is 0.168 e. The van der Waals surface area contributed by atoms with Crippen molar-refractivity contribution in [2.75, 3.05) is 19.6 Å². The van der Waals surface area contributed by atoms with E-state index in [1.54, 1.807) is 0 Å². The highest BCUT2D eigenvalue weighted by Crippen LogP contribution is 2.22. The van der Waals surface area contributed by atoms with Crippen LogP contribution >= 0.6 is 12.2 Å². The Bertz CT molecular complexity index is 182. The molecule has 76 valence electrons. The summed E-state index contributed by atoms with van der Waals surface area (Å²) in [6.45, 7) is 9.90. The summed E-state index contributed by atoms with van der Waals surface area (Å²) in [5.74, 6) is 1.62. The zero-order chi connectivity index (χ0) is 9.84. The van der Waals surface area contributed by atoms with E-state index in [1.165, 1.54) is 6.42 Å². The SMILES string of the molecule is CCNC(=S)N1CCC(C)C(C)C1. The Hall–Kier alpha value is -0.310. The Labute approximate surface area is 86.7 Å². The van der Waals surface area contributed by atoms with Crippen LogP contribution < -0.4 is 5.32 Å². The summed E-state index contributed by atoms with van der Waals surface area (Å²) in [5, 5.41) is 4.14. The monoisotopic (exact) mass is 200 g/mol. The third kappa shape index (κ3) is 2.83. The molecule has 1 aliphatic rings. The van der Waals surface area contributed by atoms with Crippen molar-refractivity contribution in [3.63, 3.8) is 0 Å². The number of likely N-dealkylation sites (tertiary alicyclic amines) is 1. The highest BCUT2D eigenvalue weighted by atomic mass is 32.1. The van der Waals surface area contributed by atoms with E-state index in [0.717, 1.165) is 36.6 Å². The Balaban J connectivity index is 2.40. The van der Waals surface area contributed by atoms with Gasteiger partial charge in [-0.3, -0.25) is 0 Å². The quantitative estimate of drug-likeness (QED) is 0.650. The van der Waals surface area contributed by atoms with Crippen LogP contribution in [0.25, 0.3) is 0 Å². The minimum Gasteiger partial charge on any atom is -0.363 e. The third-order valence-electron chi connectivity index (χ3n) is 2.95. The Morgan fingerprint density at radius 2 is 2.15 bits per heavy atom. The van der Waals surface area contributed by atoms with Crippen LogP contribution in [0.1, 0.15) is 27.2 Å². The number of hydrogen-bond donors (Lipinski definition) is 1. The van der Waals surface area contributed by atoms with Crippen LogP contribution in [0.3, 0.4) is 0 Å². The molecule has 2 atom stereocenters. The van der Waals surface area contributed by atoms with Gasteiger partial charge in [0.2, 0.25) is 0 Å². The van der Waals surface area contributed by atoms with Gasteiger partial charge in [-0.2, -0.15) is 0 Å². The second-order valence-electron chi connectivity index (χ2n) is 4.02. The predicted octanol–water partition coefficient (Wildman–Crippen LogP) is 1.86. The van der Waals surface area contributed by atoms with Crippen molar-refractivity contribution < 1.29 is 0 Å². The van der Waals surface area contributed by atoms with Gasteiger partial charge in [0.25, 0.3) is 0 Å². The molecular formula is C10H20N2S. The minimum atomic E-state index is 0.769. The van der Waals surface area contributed by atoms with Crippen LogP contribution in [0.15, 0.2) is 0 Å². The normalized spacial score (nSPS) is 28.7. The van der Waals surface area contributed by atoms with Gasteiger partial charge >= 0.3 is 0 Å². The summed E-state index contributed by atoms with van der Waals surface area (Å²) in [6, 6.07) is 0. The maximum absolute atomic E-state index is 5.28. The van der Waals surface area contributed by atoms with Crippen molar-refractivity contribution in [1.29, 1.82) is 0 Å². The fourth-order valence-corrected chi connectivity index (χ4v) is 2.02. The van der Waals surface area contributed by atoms with Crippen molar-refractivity contribution in [2.45, 2.75) is 27.2 Å². The van der Waals surface area contributed by atoms with Crippen LogP contribution in [-0.2, 0) is 0 Å². The van der Waals surface area contributed by atoms with Crippen LogP contribution in [0.5, 0.6) is 0 Å². The first-order valence-electron chi connectivity index (χ1n) is 5.18. The van der Waals surface area contributed by atoms with Gasteiger partial charge in [0.05, 0.1) is 0 Å². The molecule has 1 saturated heterocycles. The van der Waals surface area contributed by atoms with Gasteiger partial charge < -0.3 is 10.2 Å². The molecule has 0 aromatic rings. The first-order chi connectivity index (χ1) is 6.15. The second kappa shape index (κ2) is 4.80. The van der Waals surface area contributed by atoms with Gasteiger partial charge in [-0.25, -0.2) is 0 Å². The lowest BCUT2D eigenvalue weighted by Crippen LogP contribution is -2.46. The lowest BCUT2D eigenvalue weighted by atomic mass is 9.89. The largest absolute Gasteiger partial charge is 0.363 e. The molecule has 2 nitrogen and oxygen atoms in total. The second-order valence-corrected chi connectivity index (χ2v) is 4.41. The van der Waals surface area contributed by atoms with Gasteiger partial charge in [-0.15, -0.1) is 0 Å². The van der Waals surface area contributed by atoms with Crippen LogP contribution in [0.4, 0.5) is 0 Å². The molecule has 1 rings (SSSR count). The molecule has 2 unspecified atom stereocenters. The first kappa shape index (κ1) is 10.8. The van der Waals surface area contributed by atoms with E-state index in [2.05, 4.69) is 31.0 Å². The first-order valence-corrected chi connectivity index (χ1v) is 5.58. The van der Waals surface area contributed by atoms with Crippen molar-refractivity contribution in [3.05, 3.63) is 0 Å². The molecule has 13 heavy (non-hydrogen) atoms. The molecule has 0 radical (unpaired) electrons. The lowest BCUT2D eigenvalue weighted by molar-refractivity contribution is 0.203. The number of piperidine rings is 1. The van der Waals surface area contributed by atoms with Gasteiger partial charge in [-0.05, 0) is 37.4 Å². The lowest BCUT2D eigenvalue weighted by Gasteiger charge is -2.36. The molecule has 0 aliphatic carbocycles. The summed E-state index contributed by atoms with van der Waals surface area (Å²) in [7, 11) is 0. The topological polar surface area (TPSA) is 15.3 Å². The van der Waals surface area contributed by atoms with Crippen LogP contribution in [0.2, 0.25) is 0 Å². The highest BCUT2D eigenvalue weighted by molar-refractivity contribution is 7.80. The maximum atomic E-state index is 5.28. The third-order valence-corrected chi connectivity index (χ3v) is 3.35. The molecular weight excluding hydrogens is 180 g/mol. The number of nitrogens with one attached hydrogen (secondary N) is 1. The van der Waals surface area contributed by atoms with E-state index in [4.69, 9.17) is 12.2 Å². The number of rotatable bonds is 1. The Kier molecular flexibility index (Phi) is 3.97. The smallest absolute Gasteiger partial charge is 0.168 e. The summed E-state index contributed by atoms with van der Waals surface area (Å²) in [5.41, 5.74) is 0. The molecule has 3 heteroatoms. The Morgan fingerprint density at radius 3 is 2.69 bits per heavy atom. The van der Waals surface area contributed by atoms with Crippen molar-refractivity contribution in [1.82, 2.24) is 10.2 Å². The van der Waals surface area contributed by atoms with E-state index in [-0.39, 0.29) is 0 Å². The molecule has 0 amide bonds. The molecule has 0 aromatic heterocycles. The highest BCUT2D eigenvalue weighted by Gasteiger charge is 2.23. The molecule has 1 aliphatic heterocycles. The van der Waals surface area contributed by atoms with Gasteiger partial charge in [0.1, 0.15) is 0 Å². The average molecular weight is 200 g/mol. The fourth-order valence-electron chi connectivity index (χ4n) is 1.71. The molecule has 0 saturated carbocycles. The van der Waals surface area contributed by atoms with E-state index in [1.807, 2.05) is 0 Å². The summed E-state index contributed by atoms with van der Waals surface area (Å²) < 4.78 is 0. The zero-order valence-electron chi connectivity index (χ0n) is 8.84. The van der Waals surface area contributed by atoms with Gasteiger partial charge in [0, 0.05) is 19.6 Å². The van der Waals surface area contributed by atoms with E-state index in [0.29, 0.717) is 0 Å². The Morgan fingerprint density at radius 1 is 1.46 bits per heavy atom. The number of hydrogen-bond acceptors (Lipinski definition) is 1. The fraction of sp³-hybridized carbons (Fsp3) is 0.900. The van der Waals surface area contributed by atoms with E-state index in [9.17, 15) is 0 Å². The van der Waals surface area contributed by atoms with E-state index >= 15 is 0 Å². The summed E-state index contributed by atoms with van der Waals surface area (Å²) in [6.07, 6.45) is 1.27. The summed E-state index contributed by atoms with van der Waals surface area (Å²) in [4.78, 5) is 2.30. The molecule has 0 aromatic carbocycles.